The molecule has 5 rings (SSSR count). The minimum absolute atomic E-state index is 0.655. The lowest BCUT2D eigenvalue weighted by Crippen LogP contribution is -2.69. The lowest BCUT2D eigenvalue weighted by atomic mass is 10.3. The molecule has 0 saturated carbocycles. The Hall–Kier alpha value is -1.76. The number of ether oxygens (including phenoxy) is 4. The Morgan fingerprint density at radius 3 is 1.22 bits per heavy atom. The molecule has 0 aromatic heterocycles. The highest BCUT2D eigenvalue weighted by atomic mass is 16.9. The van der Waals surface area contributed by atoms with Crippen LogP contribution in [-0.2, 0) is 18.9 Å². The molecule has 0 aromatic rings. The van der Waals surface area contributed by atoms with Gasteiger partial charge in [0.05, 0.1) is 0 Å². The Morgan fingerprint density at radius 2 is 1.00 bits per heavy atom. The summed E-state index contributed by atoms with van der Waals surface area (Å²) in [5, 5.41) is 21.9. The summed E-state index contributed by atoms with van der Waals surface area (Å²) < 4.78 is 20.9. The van der Waals surface area contributed by atoms with Crippen LogP contribution in [0.2, 0.25) is 0 Å². The molecule has 12 nitrogen and oxygen atoms in total. The Morgan fingerprint density at radius 1 is 0.722 bits per heavy atom. The van der Waals surface area contributed by atoms with Crippen molar-refractivity contribution in [1.82, 2.24) is 10.0 Å². The third kappa shape index (κ3) is 0.989. The van der Waals surface area contributed by atoms with Crippen LogP contribution in [0.1, 0.15) is 0 Å². The van der Waals surface area contributed by atoms with E-state index in [4.69, 9.17) is 18.9 Å². The van der Waals surface area contributed by atoms with Gasteiger partial charge < -0.3 is 18.9 Å². The van der Waals surface area contributed by atoms with Gasteiger partial charge in [0.15, 0.2) is 10.1 Å². The monoisotopic (exact) mass is 262 g/mol. The average Bonchev–Trinajstić information content (AvgIpc) is 2.76. The molecule has 5 saturated heterocycles. The summed E-state index contributed by atoms with van der Waals surface area (Å²) >= 11 is 0. The smallest absolute Gasteiger partial charge is 0.243 e. The second-order valence-corrected chi connectivity index (χ2v) is 4.08. The van der Waals surface area contributed by atoms with Gasteiger partial charge in [-0.2, -0.15) is 0 Å². The van der Waals surface area contributed by atoms with Gasteiger partial charge in [-0.25, -0.2) is 20.2 Å². The molecule has 0 spiro atoms. The van der Waals surface area contributed by atoms with Crippen molar-refractivity contribution < 1.29 is 29.0 Å². The molecule has 5 aliphatic rings. The average molecular weight is 262 g/mol. The van der Waals surface area contributed by atoms with Crippen LogP contribution >= 0.6 is 0 Å². The molecule has 4 atom stereocenters. The zero-order chi connectivity index (χ0) is 12.6. The molecule has 0 unspecified atom stereocenters. The van der Waals surface area contributed by atoms with E-state index in [2.05, 4.69) is 0 Å². The first kappa shape index (κ1) is 10.2. The summed E-state index contributed by atoms with van der Waals surface area (Å²) in [6.45, 7) is 0. The van der Waals surface area contributed by atoms with Crippen LogP contribution in [0.4, 0.5) is 0 Å². The molecule has 12 heteroatoms. The molecule has 0 aromatic carbocycles. The van der Waals surface area contributed by atoms with E-state index in [1.807, 2.05) is 0 Å². The van der Waals surface area contributed by atoms with Gasteiger partial charge in [-0.05, 0) is 0 Å². The van der Waals surface area contributed by atoms with E-state index < -0.39 is 47.6 Å². The Balaban J connectivity index is 1.83. The molecule has 5 fully saturated rings. The van der Waals surface area contributed by atoms with Crippen LogP contribution in [0.5, 0.6) is 0 Å². The van der Waals surface area contributed by atoms with E-state index in [0.29, 0.717) is 10.0 Å². The Labute approximate surface area is 97.8 Å². The minimum Gasteiger partial charge on any atom is -0.314 e. The number of piperazine rings is 1. The molecule has 6 bridgehead atoms. The maximum Gasteiger partial charge on any atom is 0.243 e. The largest absolute Gasteiger partial charge is 0.314 e. The van der Waals surface area contributed by atoms with Crippen LogP contribution in [0, 0.1) is 20.2 Å². The van der Waals surface area contributed by atoms with Gasteiger partial charge in [0.1, 0.15) is 0 Å². The molecular weight excluding hydrogens is 256 g/mol. The Bertz CT molecular complexity index is 381. The van der Waals surface area contributed by atoms with Gasteiger partial charge in [0.25, 0.3) is 0 Å². The number of hydrazine groups is 2. The molecule has 0 N–H and O–H groups in total. The lowest BCUT2D eigenvalue weighted by molar-refractivity contribution is -0.747. The minimum atomic E-state index is -1.19. The van der Waals surface area contributed by atoms with E-state index in [9.17, 15) is 20.2 Å². The number of rotatable bonds is 2. The number of nitrogens with zero attached hydrogens (tertiary/aromatic N) is 4. The highest BCUT2D eigenvalue weighted by Gasteiger charge is 2.72. The first-order valence-electron chi connectivity index (χ1n) is 5.05. The quantitative estimate of drug-likeness (QED) is 0.408. The second-order valence-electron chi connectivity index (χ2n) is 4.08. The molecule has 5 heterocycles. The first-order valence-corrected chi connectivity index (χ1v) is 5.05. The lowest BCUT2D eigenvalue weighted by Gasteiger charge is -2.37. The van der Waals surface area contributed by atoms with E-state index in [0.717, 1.165) is 0 Å². The number of hydrogen-bond donors (Lipinski definition) is 0. The summed E-state index contributed by atoms with van der Waals surface area (Å²) in [7, 11) is 0. The Kier molecular flexibility index (Phi) is 1.68. The van der Waals surface area contributed by atoms with Gasteiger partial charge in [-0.15, -0.1) is 0 Å². The molecular formula is C6H6N4O8. The van der Waals surface area contributed by atoms with Crippen molar-refractivity contribution in [2.24, 2.45) is 0 Å². The molecule has 18 heavy (non-hydrogen) atoms. The third-order valence-electron chi connectivity index (χ3n) is 3.22. The third-order valence-corrected chi connectivity index (χ3v) is 3.22. The molecule has 5 aliphatic heterocycles. The maximum atomic E-state index is 11.0. The van der Waals surface area contributed by atoms with Crippen molar-refractivity contribution in [3.05, 3.63) is 20.2 Å². The van der Waals surface area contributed by atoms with Crippen molar-refractivity contribution in [3.63, 3.8) is 0 Å². The summed E-state index contributed by atoms with van der Waals surface area (Å²) in [5.74, 6) is 0. The van der Waals surface area contributed by atoms with E-state index in [1.165, 1.54) is 0 Å². The van der Waals surface area contributed by atoms with Gasteiger partial charge in [-0.3, -0.25) is 0 Å². The van der Waals surface area contributed by atoms with E-state index in [-0.39, 0.29) is 0 Å². The van der Waals surface area contributed by atoms with E-state index >= 15 is 0 Å². The number of hydrogen-bond acceptors (Lipinski definition) is 8. The second kappa shape index (κ2) is 2.97. The summed E-state index contributed by atoms with van der Waals surface area (Å²) in [4.78, 5) is 22.0. The number of nitro groups is 2. The van der Waals surface area contributed by atoms with Crippen LogP contribution in [0.3, 0.4) is 0 Å². The molecule has 98 valence electrons. The molecule has 0 amide bonds. The van der Waals surface area contributed by atoms with Gasteiger partial charge in [0.2, 0.25) is 37.5 Å². The zero-order valence-electron chi connectivity index (χ0n) is 8.52. The fourth-order valence-corrected chi connectivity index (χ4v) is 2.57. The molecule has 0 radical (unpaired) electrons. The van der Waals surface area contributed by atoms with Gasteiger partial charge in [-0.1, -0.05) is 10.0 Å². The molecule has 0 aliphatic carbocycles. The standard InChI is InChI=1S/C6H6N4O8/c11-9(12)7-1-2-8(10(13)14)4-3(7)17-6(18-4)5(15-1)16-2/h1-6H/t1-,2-,3-,4-,5?,6?/m0/s1. The van der Waals surface area contributed by atoms with Crippen molar-refractivity contribution in [2.75, 3.05) is 0 Å². The summed E-state index contributed by atoms with van der Waals surface area (Å²) in [5.41, 5.74) is 0. The van der Waals surface area contributed by atoms with Crippen molar-refractivity contribution in [3.8, 4) is 0 Å². The van der Waals surface area contributed by atoms with Crippen molar-refractivity contribution >= 4 is 0 Å². The first-order chi connectivity index (χ1) is 8.58. The summed E-state index contributed by atoms with van der Waals surface area (Å²) in [6.07, 6.45) is -6.75. The highest BCUT2D eigenvalue weighted by Crippen LogP contribution is 2.45. The van der Waals surface area contributed by atoms with Crippen LogP contribution in [0.25, 0.3) is 0 Å². The van der Waals surface area contributed by atoms with Crippen LogP contribution in [-0.4, -0.2) is 57.6 Å². The topological polar surface area (TPSA) is 130 Å². The highest BCUT2D eigenvalue weighted by molar-refractivity contribution is 4.92. The SMILES string of the molecule is O=[N+]([O-])N1[C@H]2OC3O[C@@H]2N([N+](=O)[O-])[C@H]2OC3O[C@@H]21. The predicted octanol–water partition coefficient (Wildman–Crippen LogP) is -1.95. The fourth-order valence-electron chi connectivity index (χ4n) is 2.57. The van der Waals surface area contributed by atoms with Gasteiger partial charge >= 0.3 is 0 Å². The normalized spacial score (nSPS) is 47.8. The van der Waals surface area contributed by atoms with Crippen LogP contribution in [0.15, 0.2) is 0 Å². The van der Waals surface area contributed by atoms with Crippen LogP contribution < -0.4 is 0 Å². The maximum absolute atomic E-state index is 11.0. The summed E-state index contributed by atoms with van der Waals surface area (Å²) in [6, 6.07) is 0. The van der Waals surface area contributed by atoms with Crippen molar-refractivity contribution in [1.29, 1.82) is 0 Å². The zero-order valence-corrected chi connectivity index (χ0v) is 8.52. The van der Waals surface area contributed by atoms with Crippen molar-refractivity contribution in [2.45, 2.75) is 37.5 Å². The fraction of sp³-hybridized carbons (Fsp3) is 1.00. The van der Waals surface area contributed by atoms with Gasteiger partial charge in [0, 0.05) is 0 Å². The predicted molar refractivity (Wildman–Crippen MR) is 44.7 cm³/mol. The van der Waals surface area contributed by atoms with E-state index in [1.54, 1.807) is 0 Å².